The summed E-state index contributed by atoms with van der Waals surface area (Å²) in [5, 5.41) is 5.22. The lowest BCUT2D eigenvalue weighted by Crippen LogP contribution is -2.38. The van der Waals surface area contributed by atoms with Crippen LogP contribution in [0.3, 0.4) is 0 Å². The number of amides is 2. The van der Waals surface area contributed by atoms with Crippen molar-refractivity contribution < 1.29 is 19.1 Å². The molecule has 1 atom stereocenters. The molecule has 0 aromatic heterocycles. The number of carbonyl (C=O) groups is 3. The first-order valence-electron chi connectivity index (χ1n) is 9.98. The van der Waals surface area contributed by atoms with Gasteiger partial charge < -0.3 is 15.4 Å². The van der Waals surface area contributed by atoms with Crippen LogP contribution in [0.25, 0.3) is 11.1 Å². The van der Waals surface area contributed by atoms with E-state index in [4.69, 9.17) is 4.74 Å². The summed E-state index contributed by atoms with van der Waals surface area (Å²) in [4.78, 5) is 36.4. The van der Waals surface area contributed by atoms with E-state index in [2.05, 4.69) is 10.6 Å². The number of benzene rings is 3. The van der Waals surface area contributed by atoms with Crippen LogP contribution in [0.4, 0.5) is 0 Å². The van der Waals surface area contributed by atoms with Crippen LogP contribution < -0.4 is 10.6 Å². The number of hydrogen-bond acceptors (Lipinski definition) is 4. The molecule has 0 saturated heterocycles. The average molecular weight is 416 g/mol. The Morgan fingerprint density at radius 1 is 0.774 bits per heavy atom. The van der Waals surface area contributed by atoms with Crippen molar-refractivity contribution in [3.63, 3.8) is 0 Å². The Hall–Kier alpha value is -3.93. The summed E-state index contributed by atoms with van der Waals surface area (Å²) in [6.07, 6.45) is -0.960. The van der Waals surface area contributed by atoms with E-state index in [1.54, 1.807) is 12.1 Å². The standard InChI is InChI=1S/C25H24N2O4/c1-18(24(29)26-16-19-8-4-2-5-9-19)31-23(28)17-27-25(30)22-14-12-21(13-15-22)20-10-6-3-7-11-20/h2-15,18H,16-17H2,1H3,(H,26,29)(H,27,30)/t18-/m0/s1. The average Bonchev–Trinajstić information content (AvgIpc) is 2.82. The Labute approximate surface area is 181 Å². The van der Waals surface area contributed by atoms with E-state index >= 15 is 0 Å². The Morgan fingerprint density at radius 3 is 2.00 bits per heavy atom. The Morgan fingerprint density at radius 2 is 1.35 bits per heavy atom. The van der Waals surface area contributed by atoms with Gasteiger partial charge in [0.05, 0.1) is 0 Å². The fraction of sp³-hybridized carbons (Fsp3) is 0.160. The highest BCUT2D eigenvalue weighted by Gasteiger charge is 2.18. The molecule has 2 N–H and O–H groups in total. The molecule has 3 rings (SSSR count). The second kappa shape index (κ2) is 10.7. The lowest BCUT2D eigenvalue weighted by molar-refractivity contribution is -0.153. The molecule has 3 aromatic rings. The molecule has 0 spiro atoms. The van der Waals surface area contributed by atoms with E-state index < -0.39 is 23.9 Å². The van der Waals surface area contributed by atoms with Crippen molar-refractivity contribution in [3.05, 3.63) is 96.1 Å². The summed E-state index contributed by atoms with van der Waals surface area (Å²) in [5.41, 5.74) is 3.42. The molecule has 0 fully saturated rings. The molecule has 31 heavy (non-hydrogen) atoms. The third-order valence-electron chi connectivity index (χ3n) is 4.63. The highest BCUT2D eigenvalue weighted by atomic mass is 16.5. The number of rotatable bonds is 8. The third-order valence-corrected chi connectivity index (χ3v) is 4.63. The van der Waals surface area contributed by atoms with Crippen LogP contribution in [-0.2, 0) is 20.9 Å². The van der Waals surface area contributed by atoms with E-state index in [9.17, 15) is 14.4 Å². The van der Waals surface area contributed by atoms with Crippen LogP contribution in [0.15, 0.2) is 84.9 Å². The summed E-state index contributed by atoms with van der Waals surface area (Å²) in [6.45, 7) is 1.51. The van der Waals surface area contributed by atoms with Gasteiger partial charge in [-0.15, -0.1) is 0 Å². The molecule has 0 aliphatic rings. The molecule has 158 valence electrons. The van der Waals surface area contributed by atoms with Gasteiger partial charge >= 0.3 is 5.97 Å². The van der Waals surface area contributed by atoms with Crippen molar-refractivity contribution in [2.75, 3.05) is 6.54 Å². The van der Waals surface area contributed by atoms with Crippen molar-refractivity contribution in [1.82, 2.24) is 10.6 Å². The maximum absolute atomic E-state index is 12.3. The molecular formula is C25H24N2O4. The Kier molecular flexibility index (Phi) is 7.54. The molecule has 0 saturated carbocycles. The normalized spacial score (nSPS) is 11.3. The molecule has 0 aliphatic heterocycles. The van der Waals surface area contributed by atoms with Crippen molar-refractivity contribution >= 4 is 17.8 Å². The van der Waals surface area contributed by atoms with Crippen molar-refractivity contribution in [2.24, 2.45) is 0 Å². The van der Waals surface area contributed by atoms with Gasteiger partial charge in [0.15, 0.2) is 6.10 Å². The van der Waals surface area contributed by atoms with Gasteiger partial charge in [0.25, 0.3) is 11.8 Å². The maximum atomic E-state index is 12.3. The molecule has 0 bridgehead atoms. The number of ether oxygens (including phenoxy) is 1. The Balaban J connectivity index is 1.43. The first-order chi connectivity index (χ1) is 15.0. The Bertz CT molecular complexity index is 1020. The number of nitrogens with one attached hydrogen (secondary N) is 2. The zero-order chi connectivity index (χ0) is 22.1. The minimum atomic E-state index is -0.960. The first kappa shape index (κ1) is 21.8. The van der Waals surface area contributed by atoms with Crippen LogP contribution >= 0.6 is 0 Å². The van der Waals surface area contributed by atoms with E-state index in [1.165, 1.54) is 6.92 Å². The van der Waals surface area contributed by atoms with Crippen LogP contribution in [0, 0.1) is 0 Å². The van der Waals surface area contributed by atoms with E-state index in [0.717, 1.165) is 16.7 Å². The highest BCUT2D eigenvalue weighted by Crippen LogP contribution is 2.19. The van der Waals surface area contributed by atoms with E-state index in [1.807, 2.05) is 72.8 Å². The minimum Gasteiger partial charge on any atom is -0.451 e. The second-order valence-corrected chi connectivity index (χ2v) is 6.96. The van der Waals surface area contributed by atoms with Crippen LogP contribution in [0.1, 0.15) is 22.8 Å². The van der Waals surface area contributed by atoms with Crippen LogP contribution in [0.5, 0.6) is 0 Å². The summed E-state index contributed by atoms with van der Waals surface area (Å²) in [6, 6.07) is 26.3. The van der Waals surface area contributed by atoms with Gasteiger partial charge in [0.2, 0.25) is 0 Å². The summed E-state index contributed by atoms with van der Waals surface area (Å²) >= 11 is 0. The zero-order valence-corrected chi connectivity index (χ0v) is 17.2. The molecule has 6 heteroatoms. The second-order valence-electron chi connectivity index (χ2n) is 6.96. The molecule has 0 radical (unpaired) electrons. The predicted molar refractivity (Wildman–Crippen MR) is 118 cm³/mol. The summed E-state index contributed by atoms with van der Waals surface area (Å²) in [7, 11) is 0. The number of carbonyl (C=O) groups excluding carboxylic acids is 3. The molecule has 2 amide bonds. The smallest absolute Gasteiger partial charge is 0.326 e. The minimum absolute atomic E-state index is 0.324. The van der Waals surface area contributed by atoms with Gasteiger partial charge in [0, 0.05) is 12.1 Å². The fourth-order valence-corrected chi connectivity index (χ4v) is 2.92. The van der Waals surface area contributed by atoms with Crippen molar-refractivity contribution in [3.8, 4) is 11.1 Å². The van der Waals surface area contributed by atoms with Crippen molar-refractivity contribution in [1.29, 1.82) is 0 Å². The topological polar surface area (TPSA) is 84.5 Å². The molecule has 0 heterocycles. The predicted octanol–water partition coefficient (Wildman–Crippen LogP) is 3.33. The lowest BCUT2D eigenvalue weighted by atomic mass is 10.0. The van der Waals surface area contributed by atoms with Gasteiger partial charge in [-0.05, 0) is 35.7 Å². The van der Waals surface area contributed by atoms with Crippen molar-refractivity contribution in [2.45, 2.75) is 19.6 Å². The first-order valence-corrected chi connectivity index (χ1v) is 9.98. The maximum Gasteiger partial charge on any atom is 0.326 e. The molecule has 0 unspecified atom stereocenters. The summed E-state index contributed by atoms with van der Waals surface area (Å²) in [5.74, 6) is -1.48. The van der Waals surface area contributed by atoms with Crippen LogP contribution in [0.2, 0.25) is 0 Å². The van der Waals surface area contributed by atoms with E-state index in [-0.39, 0.29) is 6.54 Å². The third kappa shape index (κ3) is 6.54. The fourth-order valence-electron chi connectivity index (χ4n) is 2.92. The van der Waals surface area contributed by atoms with Gasteiger partial charge in [-0.2, -0.15) is 0 Å². The molecule has 3 aromatic carbocycles. The molecule has 0 aliphatic carbocycles. The van der Waals surface area contributed by atoms with Gasteiger partial charge in [-0.25, -0.2) is 0 Å². The van der Waals surface area contributed by atoms with Crippen LogP contribution in [-0.4, -0.2) is 30.4 Å². The van der Waals surface area contributed by atoms with E-state index in [0.29, 0.717) is 12.1 Å². The lowest BCUT2D eigenvalue weighted by Gasteiger charge is -2.14. The monoisotopic (exact) mass is 416 g/mol. The zero-order valence-electron chi connectivity index (χ0n) is 17.2. The summed E-state index contributed by atoms with van der Waals surface area (Å²) < 4.78 is 5.10. The highest BCUT2D eigenvalue weighted by molar-refractivity contribution is 5.96. The number of esters is 1. The van der Waals surface area contributed by atoms with Gasteiger partial charge in [-0.3, -0.25) is 14.4 Å². The largest absolute Gasteiger partial charge is 0.451 e. The molecule has 6 nitrogen and oxygen atoms in total. The quantitative estimate of drug-likeness (QED) is 0.552. The van der Waals surface area contributed by atoms with Gasteiger partial charge in [-0.1, -0.05) is 72.8 Å². The van der Waals surface area contributed by atoms with Gasteiger partial charge in [0.1, 0.15) is 6.54 Å². The number of hydrogen-bond donors (Lipinski definition) is 2. The molecular weight excluding hydrogens is 392 g/mol. The SMILES string of the molecule is C[C@H](OC(=O)CNC(=O)c1ccc(-c2ccccc2)cc1)C(=O)NCc1ccccc1.